The standard InChI is InChI=1S/C29H53BrO2/c30-29-27(31-25-19-13-7-2-1-3-8-14-20-25)23-17-11-4-5-12-18-24-28(29)32-26-21-15-9-6-10-16-22-26/h25-29H,1-24H2. The molecule has 0 N–H and O–H groups in total. The van der Waals surface area contributed by atoms with E-state index in [1.807, 2.05) is 0 Å². The number of ether oxygens (including phenoxy) is 2. The molecule has 3 aliphatic rings. The highest BCUT2D eigenvalue weighted by Gasteiger charge is 2.32. The van der Waals surface area contributed by atoms with Gasteiger partial charge in [0.25, 0.3) is 0 Å². The minimum Gasteiger partial charge on any atom is -0.374 e. The van der Waals surface area contributed by atoms with Crippen molar-refractivity contribution in [1.29, 1.82) is 0 Å². The first-order valence-electron chi connectivity index (χ1n) is 14.8. The lowest BCUT2D eigenvalue weighted by Crippen LogP contribution is -2.40. The summed E-state index contributed by atoms with van der Waals surface area (Å²) in [5, 5.41) is 0. The third-order valence-corrected chi connectivity index (χ3v) is 9.46. The van der Waals surface area contributed by atoms with Crippen LogP contribution in [0.5, 0.6) is 0 Å². The second-order valence-electron chi connectivity index (χ2n) is 11.1. The van der Waals surface area contributed by atoms with E-state index in [1.54, 1.807) is 0 Å². The Bertz CT molecular complexity index is 438. The first-order valence-corrected chi connectivity index (χ1v) is 15.7. The van der Waals surface area contributed by atoms with Crippen LogP contribution in [0.3, 0.4) is 0 Å². The molecule has 0 aromatic rings. The van der Waals surface area contributed by atoms with Crippen LogP contribution in [0.15, 0.2) is 0 Å². The van der Waals surface area contributed by atoms with Gasteiger partial charge in [0.2, 0.25) is 0 Å². The Morgan fingerprint density at radius 1 is 0.344 bits per heavy atom. The van der Waals surface area contributed by atoms with Gasteiger partial charge in [-0.25, -0.2) is 0 Å². The van der Waals surface area contributed by atoms with Gasteiger partial charge in [-0.15, -0.1) is 0 Å². The first kappa shape index (κ1) is 27.0. The van der Waals surface area contributed by atoms with E-state index in [2.05, 4.69) is 15.9 Å². The van der Waals surface area contributed by atoms with E-state index in [0.29, 0.717) is 29.2 Å². The molecule has 0 radical (unpaired) electrons. The number of rotatable bonds is 4. The highest BCUT2D eigenvalue weighted by molar-refractivity contribution is 9.09. The van der Waals surface area contributed by atoms with Gasteiger partial charge in [-0.3, -0.25) is 0 Å². The molecule has 0 heterocycles. The van der Waals surface area contributed by atoms with E-state index in [1.165, 1.54) is 154 Å². The molecule has 188 valence electrons. The molecule has 0 aromatic carbocycles. The molecular weight excluding hydrogens is 460 g/mol. The molecule has 0 aromatic heterocycles. The highest BCUT2D eigenvalue weighted by Crippen LogP contribution is 2.32. The third-order valence-electron chi connectivity index (χ3n) is 8.28. The van der Waals surface area contributed by atoms with Crippen molar-refractivity contribution >= 4 is 15.9 Å². The summed E-state index contributed by atoms with van der Waals surface area (Å²) in [7, 11) is 0. The van der Waals surface area contributed by atoms with Crippen molar-refractivity contribution in [2.75, 3.05) is 0 Å². The minimum atomic E-state index is 0.319. The van der Waals surface area contributed by atoms with E-state index in [0.717, 1.165) is 0 Å². The number of halogens is 1. The summed E-state index contributed by atoms with van der Waals surface area (Å²) in [6.07, 6.45) is 34.0. The predicted octanol–water partition coefficient (Wildman–Crippen LogP) is 9.66. The smallest absolute Gasteiger partial charge is 0.0729 e. The molecule has 3 fully saturated rings. The largest absolute Gasteiger partial charge is 0.374 e. The van der Waals surface area contributed by atoms with Crippen molar-refractivity contribution in [3.05, 3.63) is 0 Å². The quantitative estimate of drug-likeness (QED) is 0.348. The van der Waals surface area contributed by atoms with Gasteiger partial charge >= 0.3 is 0 Å². The Labute approximate surface area is 208 Å². The summed E-state index contributed by atoms with van der Waals surface area (Å²) >= 11 is 4.19. The molecule has 0 saturated heterocycles. The first-order chi connectivity index (χ1) is 15.8. The topological polar surface area (TPSA) is 18.5 Å². The maximum atomic E-state index is 6.99. The van der Waals surface area contributed by atoms with Crippen molar-refractivity contribution in [1.82, 2.24) is 0 Å². The maximum Gasteiger partial charge on any atom is 0.0729 e. The Morgan fingerprint density at radius 2 is 0.594 bits per heavy atom. The summed E-state index contributed by atoms with van der Waals surface area (Å²) in [5.41, 5.74) is 0. The maximum absolute atomic E-state index is 6.99. The number of alkyl halides is 1. The second kappa shape index (κ2) is 16.9. The molecule has 32 heavy (non-hydrogen) atoms. The van der Waals surface area contributed by atoms with Crippen molar-refractivity contribution in [2.45, 2.75) is 183 Å². The van der Waals surface area contributed by atoms with Gasteiger partial charge in [-0.1, -0.05) is 132 Å². The molecule has 0 amide bonds. The molecule has 3 rings (SSSR count). The van der Waals surface area contributed by atoms with Crippen molar-refractivity contribution in [2.24, 2.45) is 0 Å². The van der Waals surface area contributed by atoms with Crippen LogP contribution in [-0.2, 0) is 9.47 Å². The van der Waals surface area contributed by atoms with Gasteiger partial charge in [-0.2, -0.15) is 0 Å². The van der Waals surface area contributed by atoms with E-state index in [9.17, 15) is 0 Å². The van der Waals surface area contributed by atoms with Gasteiger partial charge in [-0.05, 0) is 38.5 Å². The van der Waals surface area contributed by atoms with Crippen molar-refractivity contribution in [3.8, 4) is 0 Å². The van der Waals surface area contributed by atoms with E-state index < -0.39 is 0 Å². The van der Waals surface area contributed by atoms with Crippen LogP contribution in [0.1, 0.15) is 154 Å². The number of hydrogen-bond acceptors (Lipinski definition) is 2. The van der Waals surface area contributed by atoms with E-state index in [-0.39, 0.29) is 0 Å². The van der Waals surface area contributed by atoms with Crippen LogP contribution < -0.4 is 0 Å². The van der Waals surface area contributed by atoms with Crippen LogP contribution in [0.4, 0.5) is 0 Å². The SMILES string of the molecule is BrC1C(OC2CCCCCCCCC2)CCCCCCCCC1OC1CCCCCCC1. The Kier molecular flexibility index (Phi) is 14.3. The monoisotopic (exact) mass is 512 g/mol. The molecule has 0 spiro atoms. The summed E-state index contributed by atoms with van der Waals surface area (Å²) in [6.45, 7) is 0. The predicted molar refractivity (Wildman–Crippen MR) is 141 cm³/mol. The van der Waals surface area contributed by atoms with Gasteiger partial charge in [0.1, 0.15) is 0 Å². The lowest BCUT2D eigenvalue weighted by Gasteiger charge is -2.35. The van der Waals surface area contributed by atoms with Crippen LogP contribution in [0, 0.1) is 0 Å². The van der Waals surface area contributed by atoms with Crippen LogP contribution in [0.2, 0.25) is 0 Å². The zero-order valence-corrected chi connectivity index (χ0v) is 22.6. The molecular formula is C29H53BrO2. The Balaban J connectivity index is 1.62. The number of hydrogen-bond donors (Lipinski definition) is 0. The Hall–Kier alpha value is 0.400. The summed E-state index contributed by atoms with van der Waals surface area (Å²) in [5.74, 6) is 0. The third kappa shape index (κ3) is 10.8. The average Bonchev–Trinajstić information content (AvgIpc) is 2.81. The summed E-state index contributed by atoms with van der Waals surface area (Å²) < 4.78 is 13.9. The molecule has 3 unspecified atom stereocenters. The second-order valence-corrected chi connectivity index (χ2v) is 12.2. The highest BCUT2D eigenvalue weighted by atomic mass is 79.9. The normalized spacial score (nSPS) is 32.3. The molecule has 3 saturated carbocycles. The van der Waals surface area contributed by atoms with E-state index in [4.69, 9.17) is 9.47 Å². The molecule has 3 heteroatoms. The van der Waals surface area contributed by atoms with Crippen LogP contribution in [-0.4, -0.2) is 29.2 Å². The van der Waals surface area contributed by atoms with Gasteiger partial charge in [0, 0.05) is 0 Å². The molecule has 3 aliphatic carbocycles. The van der Waals surface area contributed by atoms with Crippen molar-refractivity contribution < 1.29 is 9.47 Å². The zero-order valence-electron chi connectivity index (χ0n) is 21.1. The van der Waals surface area contributed by atoms with E-state index >= 15 is 0 Å². The van der Waals surface area contributed by atoms with Crippen LogP contribution in [0.25, 0.3) is 0 Å². The lowest BCUT2D eigenvalue weighted by molar-refractivity contribution is -0.0783. The fourth-order valence-electron chi connectivity index (χ4n) is 6.20. The van der Waals surface area contributed by atoms with Gasteiger partial charge in [0.05, 0.1) is 29.2 Å². The fourth-order valence-corrected chi connectivity index (χ4v) is 6.98. The summed E-state index contributed by atoms with van der Waals surface area (Å²) in [4.78, 5) is 0.349. The lowest BCUT2D eigenvalue weighted by atomic mass is 9.96. The summed E-state index contributed by atoms with van der Waals surface area (Å²) in [6, 6.07) is 0. The van der Waals surface area contributed by atoms with Crippen LogP contribution >= 0.6 is 15.9 Å². The van der Waals surface area contributed by atoms with Crippen molar-refractivity contribution in [3.63, 3.8) is 0 Å². The molecule has 3 atom stereocenters. The molecule has 0 bridgehead atoms. The van der Waals surface area contributed by atoms with Gasteiger partial charge < -0.3 is 9.47 Å². The Morgan fingerprint density at radius 3 is 0.906 bits per heavy atom. The average molecular weight is 514 g/mol. The molecule has 2 nitrogen and oxygen atoms in total. The minimum absolute atomic E-state index is 0.319. The zero-order chi connectivity index (χ0) is 22.3. The molecule has 0 aliphatic heterocycles. The fraction of sp³-hybridized carbons (Fsp3) is 1.00. The van der Waals surface area contributed by atoms with Gasteiger partial charge in [0.15, 0.2) is 0 Å².